The number of anilines is 1. The Bertz CT molecular complexity index is 1180. The first-order valence-electron chi connectivity index (χ1n) is 8.92. The maximum Gasteiger partial charge on any atom is 0.255 e. The number of nitrogens with one attached hydrogen (secondary N) is 1. The maximum absolute atomic E-state index is 13.1. The van der Waals surface area contributed by atoms with Crippen molar-refractivity contribution in [2.24, 2.45) is 0 Å². The number of aromatic nitrogens is 3. The second-order valence-corrected chi connectivity index (χ2v) is 6.95. The van der Waals surface area contributed by atoms with Crippen molar-refractivity contribution in [2.75, 3.05) is 5.32 Å². The minimum atomic E-state index is -0.312. The molecule has 0 unspecified atom stereocenters. The first-order valence-corrected chi connectivity index (χ1v) is 8.92. The molecule has 0 radical (unpaired) electrons. The van der Waals surface area contributed by atoms with E-state index in [2.05, 4.69) is 15.5 Å². The van der Waals surface area contributed by atoms with Crippen LogP contribution >= 0.6 is 0 Å². The summed E-state index contributed by atoms with van der Waals surface area (Å²) in [5.74, 6) is -0.479. The Hall–Kier alpha value is -3.54. The van der Waals surface area contributed by atoms with Gasteiger partial charge in [0.2, 0.25) is 0 Å². The summed E-state index contributed by atoms with van der Waals surface area (Å²) in [6.07, 6.45) is 0. The Morgan fingerprint density at radius 3 is 2.14 bits per heavy atom. The van der Waals surface area contributed by atoms with Gasteiger partial charge in [0.15, 0.2) is 0 Å². The summed E-state index contributed by atoms with van der Waals surface area (Å²) < 4.78 is 13.1. The van der Waals surface area contributed by atoms with Crippen LogP contribution in [0.3, 0.4) is 0 Å². The average Bonchev–Trinajstić information content (AvgIpc) is 3.04. The van der Waals surface area contributed by atoms with E-state index in [-0.39, 0.29) is 11.7 Å². The van der Waals surface area contributed by atoms with Gasteiger partial charge in [0.05, 0.1) is 5.69 Å². The third kappa shape index (κ3) is 3.49. The first-order chi connectivity index (χ1) is 13.4. The first kappa shape index (κ1) is 17.9. The van der Waals surface area contributed by atoms with Crippen LogP contribution < -0.4 is 5.32 Å². The van der Waals surface area contributed by atoms with Crippen molar-refractivity contribution in [3.8, 4) is 5.69 Å². The molecule has 0 spiro atoms. The molecule has 3 aromatic carbocycles. The Morgan fingerprint density at radius 1 is 0.893 bits per heavy atom. The summed E-state index contributed by atoms with van der Waals surface area (Å²) >= 11 is 0. The minimum absolute atomic E-state index is 0.167. The number of fused-ring (bicyclic) bond motifs is 1. The van der Waals surface area contributed by atoms with Gasteiger partial charge in [-0.15, -0.1) is 10.2 Å². The van der Waals surface area contributed by atoms with E-state index in [0.29, 0.717) is 28.0 Å². The smallest absolute Gasteiger partial charge is 0.255 e. The van der Waals surface area contributed by atoms with Gasteiger partial charge >= 0.3 is 0 Å². The minimum Gasteiger partial charge on any atom is -0.322 e. The number of aryl methyl sites for hydroxylation is 3. The molecule has 0 saturated heterocycles. The highest BCUT2D eigenvalue weighted by Gasteiger charge is 2.12. The van der Waals surface area contributed by atoms with Crippen molar-refractivity contribution < 1.29 is 9.18 Å². The highest BCUT2D eigenvalue weighted by Crippen LogP contribution is 2.23. The number of amides is 1. The van der Waals surface area contributed by atoms with Gasteiger partial charge in [-0.2, -0.15) is 4.80 Å². The molecule has 1 N–H and O–H groups in total. The third-order valence-electron chi connectivity index (χ3n) is 4.52. The Balaban J connectivity index is 1.67. The second kappa shape index (κ2) is 6.88. The van der Waals surface area contributed by atoms with Gasteiger partial charge in [-0.05, 0) is 74.9 Å². The van der Waals surface area contributed by atoms with Gasteiger partial charge in [-0.3, -0.25) is 4.79 Å². The molecule has 1 amide bonds. The van der Waals surface area contributed by atoms with Crippen molar-refractivity contribution >= 4 is 22.6 Å². The van der Waals surface area contributed by atoms with Crippen LogP contribution in [0.1, 0.15) is 27.0 Å². The largest absolute Gasteiger partial charge is 0.322 e. The van der Waals surface area contributed by atoms with Gasteiger partial charge in [0.25, 0.3) is 5.91 Å². The molecule has 0 saturated carbocycles. The molecule has 0 atom stereocenters. The molecule has 4 aromatic rings. The highest BCUT2D eigenvalue weighted by atomic mass is 19.1. The molecule has 0 aliphatic rings. The summed E-state index contributed by atoms with van der Waals surface area (Å²) in [5.41, 5.74) is 6.28. The fourth-order valence-corrected chi connectivity index (χ4v) is 3.19. The number of nitrogens with zero attached hydrogens (tertiary/aromatic N) is 3. The van der Waals surface area contributed by atoms with Crippen LogP contribution in [-0.4, -0.2) is 20.9 Å². The molecule has 6 heteroatoms. The quantitative estimate of drug-likeness (QED) is 0.564. The van der Waals surface area contributed by atoms with E-state index in [1.165, 1.54) is 16.9 Å². The summed E-state index contributed by atoms with van der Waals surface area (Å²) in [4.78, 5) is 14.1. The fourth-order valence-electron chi connectivity index (χ4n) is 3.19. The van der Waals surface area contributed by atoms with E-state index >= 15 is 0 Å². The lowest BCUT2D eigenvalue weighted by Crippen LogP contribution is -2.13. The molecule has 0 bridgehead atoms. The Kier molecular flexibility index (Phi) is 4.39. The van der Waals surface area contributed by atoms with Crippen LogP contribution in [0.15, 0.2) is 54.6 Å². The van der Waals surface area contributed by atoms with Gasteiger partial charge in [0.1, 0.15) is 16.9 Å². The second-order valence-electron chi connectivity index (χ2n) is 6.95. The van der Waals surface area contributed by atoms with Crippen LogP contribution in [0.5, 0.6) is 0 Å². The SMILES string of the molecule is Cc1cc(C)cc(C(=O)Nc2cc3nn(-c4ccc(F)cc4)nc3cc2C)c1. The topological polar surface area (TPSA) is 59.8 Å². The van der Waals surface area contributed by atoms with Gasteiger partial charge in [-0.1, -0.05) is 17.2 Å². The van der Waals surface area contributed by atoms with Crippen LogP contribution in [0.2, 0.25) is 0 Å². The monoisotopic (exact) mass is 374 g/mol. The summed E-state index contributed by atoms with van der Waals surface area (Å²) in [6.45, 7) is 5.84. The third-order valence-corrected chi connectivity index (χ3v) is 4.52. The van der Waals surface area contributed by atoms with Crippen molar-refractivity contribution in [3.05, 3.63) is 82.7 Å². The van der Waals surface area contributed by atoms with E-state index in [9.17, 15) is 9.18 Å². The molecule has 0 aliphatic carbocycles. The van der Waals surface area contributed by atoms with Crippen molar-refractivity contribution in [1.82, 2.24) is 15.0 Å². The van der Waals surface area contributed by atoms with Crippen LogP contribution in [0.25, 0.3) is 16.7 Å². The van der Waals surface area contributed by atoms with Crippen LogP contribution in [0.4, 0.5) is 10.1 Å². The zero-order valence-corrected chi connectivity index (χ0v) is 15.8. The Labute approximate surface area is 161 Å². The van der Waals surface area contributed by atoms with Gasteiger partial charge in [0, 0.05) is 11.3 Å². The summed E-state index contributed by atoms with van der Waals surface area (Å²) in [6, 6.07) is 15.4. The molecule has 4 rings (SSSR count). The average molecular weight is 374 g/mol. The Morgan fingerprint density at radius 2 is 1.50 bits per heavy atom. The number of rotatable bonds is 3. The fraction of sp³-hybridized carbons (Fsp3) is 0.136. The lowest BCUT2D eigenvalue weighted by Gasteiger charge is -2.09. The predicted octanol–water partition coefficient (Wildman–Crippen LogP) is 4.74. The number of benzene rings is 3. The van der Waals surface area contributed by atoms with E-state index in [1.54, 1.807) is 18.2 Å². The molecule has 1 heterocycles. The standard InChI is InChI=1S/C22H19FN4O/c1-13-8-14(2)10-16(9-13)22(28)24-19-12-21-20(11-15(19)3)25-27(26-21)18-6-4-17(23)5-7-18/h4-12H,1-3H3,(H,24,28). The summed E-state index contributed by atoms with van der Waals surface area (Å²) in [7, 11) is 0. The molecule has 28 heavy (non-hydrogen) atoms. The molecule has 140 valence electrons. The molecule has 1 aromatic heterocycles. The van der Waals surface area contributed by atoms with Crippen LogP contribution in [0, 0.1) is 26.6 Å². The van der Waals surface area contributed by atoms with Gasteiger partial charge < -0.3 is 5.32 Å². The molecular formula is C22H19FN4O. The number of carbonyl (C=O) groups is 1. The zero-order chi connectivity index (χ0) is 19.8. The number of hydrogen-bond acceptors (Lipinski definition) is 3. The van der Waals surface area contributed by atoms with Crippen molar-refractivity contribution in [1.29, 1.82) is 0 Å². The van der Waals surface area contributed by atoms with E-state index in [0.717, 1.165) is 16.7 Å². The number of hydrogen-bond donors (Lipinski definition) is 1. The molecule has 0 fully saturated rings. The number of halogens is 1. The van der Waals surface area contributed by atoms with Crippen molar-refractivity contribution in [3.63, 3.8) is 0 Å². The number of carbonyl (C=O) groups excluding carboxylic acids is 1. The lowest BCUT2D eigenvalue weighted by atomic mass is 10.1. The highest BCUT2D eigenvalue weighted by molar-refractivity contribution is 6.05. The lowest BCUT2D eigenvalue weighted by molar-refractivity contribution is 0.102. The molecular weight excluding hydrogens is 355 g/mol. The molecule has 5 nitrogen and oxygen atoms in total. The predicted molar refractivity (Wildman–Crippen MR) is 107 cm³/mol. The van der Waals surface area contributed by atoms with E-state index < -0.39 is 0 Å². The normalized spacial score (nSPS) is 11.0. The van der Waals surface area contributed by atoms with Crippen molar-refractivity contribution in [2.45, 2.75) is 20.8 Å². The van der Waals surface area contributed by atoms with E-state index in [4.69, 9.17) is 0 Å². The zero-order valence-electron chi connectivity index (χ0n) is 15.8. The summed E-state index contributed by atoms with van der Waals surface area (Å²) in [5, 5.41) is 11.9. The maximum atomic E-state index is 13.1. The van der Waals surface area contributed by atoms with E-state index in [1.807, 2.05) is 45.0 Å². The van der Waals surface area contributed by atoms with Gasteiger partial charge in [-0.25, -0.2) is 4.39 Å². The molecule has 0 aliphatic heterocycles. The van der Waals surface area contributed by atoms with Crippen LogP contribution in [-0.2, 0) is 0 Å².